The lowest BCUT2D eigenvalue weighted by Crippen LogP contribution is -2.45. The smallest absolute Gasteiger partial charge is 0.261 e. The summed E-state index contributed by atoms with van der Waals surface area (Å²) < 4.78 is 82.6. The molecule has 123 heavy (non-hydrogen) atoms. The van der Waals surface area contributed by atoms with E-state index in [-0.39, 0.29) is 50.1 Å². The first kappa shape index (κ1) is 86.5. The Kier molecular flexibility index (Phi) is 24.9. The van der Waals surface area contributed by atoms with Crippen LogP contribution in [0.2, 0.25) is 0 Å². The predicted octanol–water partition coefficient (Wildman–Crippen LogP) is 17.2. The van der Waals surface area contributed by atoms with E-state index in [0.29, 0.717) is 68.7 Å². The van der Waals surface area contributed by atoms with Gasteiger partial charge < -0.3 is 35.5 Å². The van der Waals surface area contributed by atoms with Crippen molar-refractivity contribution in [2.45, 2.75) is 138 Å². The van der Waals surface area contributed by atoms with Crippen molar-refractivity contribution >= 4 is 63.4 Å². The van der Waals surface area contributed by atoms with Crippen molar-refractivity contribution in [2.75, 3.05) is 40.0 Å². The maximum absolute atomic E-state index is 13.5. The van der Waals surface area contributed by atoms with Crippen molar-refractivity contribution in [3.05, 3.63) is 306 Å². The molecule has 20 rings (SSSR count). The number of benzene rings is 12. The molecule has 6 aliphatic heterocycles. The van der Waals surface area contributed by atoms with E-state index >= 15 is 0 Å². The van der Waals surface area contributed by atoms with Crippen molar-refractivity contribution in [3.63, 3.8) is 0 Å². The lowest BCUT2D eigenvalue weighted by molar-refractivity contribution is 0.179. The number of aryl methyl sites for hydroxylation is 7. The summed E-state index contributed by atoms with van der Waals surface area (Å²) in [6.45, 7) is 17.3. The second-order valence-electron chi connectivity index (χ2n) is 33.1. The predicted molar refractivity (Wildman–Crippen MR) is 488 cm³/mol. The van der Waals surface area contributed by atoms with Gasteiger partial charge in [0.1, 0.15) is 45.5 Å². The van der Waals surface area contributed by atoms with E-state index in [2.05, 4.69) is 104 Å². The Labute approximate surface area is 722 Å². The fraction of sp³-hybridized carbons (Fsp3) is 0.253. The molecule has 7 aliphatic rings. The molecule has 24 heteroatoms. The highest BCUT2D eigenvalue weighted by Gasteiger charge is 2.39. The lowest BCUT2D eigenvalue weighted by atomic mass is 9.95. The Bertz CT molecular complexity index is 6670. The third-order valence-corrected chi connectivity index (χ3v) is 30.4. The molecule has 1 aromatic heterocycles. The van der Waals surface area contributed by atoms with Gasteiger partial charge in [-0.3, -0.25) is 23.3 Å². The van der Waals surface area contributed by atoms with Crippen LogP contribution in [0.3, 0.4) is 0 Å². The number of sulfonamides is 2. The molecule has 0 radical (unpaired) electrons. The Balaban J connectivity index is 0.000000115. The first-order valence-corrected chi connectivity index (χ1v) is 46.3. The van der Waals surface area contributed by atoms with E-state index in [9.17, 15) is 65.5 Å². The van der Waals surface area contributed by atoms with Gasteiger partial charge in [0.05, 0.1) is 35.8 Å². The number of hydrogen-bond acceptors (Lipinski definition) is 16. The highest BCUT2D eigenvalue weighted by molar-refractivity contribution is 7.89. The van der Waals surface area contributed by atoms with Crippen molar-refractivity contribution in [1.29, 1.82) is 0 Å². The SMILES string of the molecule is Cc1ccc2c(c1)CC[S@@](=O)c1cc(O)ccc1-2.Cc1ccc2c(c1)CN(C)S(=O)(=O)c1cc(O)ccc1-2.Cc1ccc2c(c1)CN(C)[S@@](=O)c1cc(O)ccc1-2.Cc1ccc2c(c1)CN(C1CC1)Cc1cc(O)ccc1-2.Cc1ccc2c(c1)CN(C1CCN(C)CC1)S(=O)(=O)c1cc(O)ccc1-2.Cc1ccc2c(c1)c(=O)n(C)c(=O)c1cc(O)ccc12. The average molecular weight is 1730 g/mol. The van der Waals surface area contributed by atoms with Crippen LogP contribution in [-0.2, 0) is 88.0 Å². The molecule has 1 saturated carbocycles. The quantitative estimate of drug-likeness (QED) is 0.0938. The van der Waals surface area contributed by atoms with E-state index < -0.39 is 47.4 Å². The van der Waals surface area contributed by atoms with Gasteiger partial charge in [0, 0.05) is 100 Å². The standard InChI is InChI=1S/C20H24N2O3S.C18H19NO.C16H13NO3.C15H15NO3S.C15H15NO2S.C15H14O2S/c1-14-3-5-18-15(11-14)13-22(16-7-9-21(2)10-8-16)26(24,25)20-12-17(23)4-6-19(18)20;1-12-2-6-17-13(8-12)10-19(15-3-4-15)11-14-9-16(20)5-7-18(14)17;1-9-3-5-11-12-6-4-10(18)8-14(12)16(20)17(2)15(19)13(11)7-9;1-10-3-5-13-11(7-10)9-16(2)20(18,19)15-8-12(17)4-6-14(13)15;1-10-3-5-13-11(7-10)9-16(2)19(18)15-8-12(17)4-6-14(13)15;1-10-2-4-13-11(8-10)6-7-18(17)15-9-12(16)3-5-14(13)15/h3-6,11-12,16,23H,7-10,13H2,1-2H3;2,5-9,15,20H,3-4,10-11H2,1H3;3-8,18H,1-2H3;3-8,17H,9H2,1-2H3;3-8,17H,9H2,1-2H3;2-5,8-9,16H,6-7H2,1H3/t;;;;19-;18-/m....01/s1. The highest BCUT2D eigenvalue weighted by atomic mass is 32.2. The topological polar surface area (TPSA) is 279 Å². The summed E-state index contributed by atoms with van der Waals surface area (Å²) in [5.74, 6) is 1.26. The van der Waals surface area contributed by atoms with Crippen LogP contribution in [0.15, 0.2) is 248 Å². The highest BCUT2D eigenvalue weighted by Crippen LogP contribution is 2.45. The van der Waals surface area contributed by atoms with E-state index in [1.807, 2.05) is 88.5 Å². The van der Waals surface area contributed by atoms with Crippen molar-refractivity contribution < 1.29 is 55.9 Å². The molecule has 2 atom stereocenters. The summed E-state index contributed by atoms with van der Waals surface area (Å²) >= 11 is 0. The molecule has 20 nitrogen and oxygen atoms in total. The van der Waals surface area contributed by atoms with Gasteiger partial charge in [-0.15, -0.1) is 0 Å². The van der Waals surface area contributed by atoms with Crippen LogP contribution < -0.4 is 11.1 Å². The van der Waals surface area contributed by atoms with Crippen LogP contribution in [0.4, 0.5) is 0 Å². The van der Waals surface area contributed by atoms with Crippen LogP contribution in [0.25, 0.3) is 77.2 Å². The molecule has 0 spiro atoms. The monoisotopic (exact) mass is 1720 g/mol. The number of phenolic OH excluding ortho intramolecular Hbond substituents is 6. The minimum Gasteiger partial charge on any atom is -0.508 e. The van der Waals surface area contributed by atoms with Gasteiger partial charge in [-0.25, -0.2) is 25.3 Å². The maximum atomic E-state index is 13.5. The van der Waals surface area contributed by atoms with Crippen molar-refractivity contribution in [2.24, 2.45) is 7.05 Å². The fourth-order valence-electron chi connectivity index (χ4n) is 17.2. The summed E-state index contributed by atoms with van der Waals surface area (Å²) in [7, 11) is -2.64. The van der Waals surface area contributed by atoms with E-state index in [1.54, 1.807) is 76.3 Å². The van der Waals surface area contributed by atoms with Crippen LogP contribution >= 0.6 is 0 Å². The molecule has 6 N–H and O–H groups in total. The van der Waals surface area contributed by atoms with Crippen molar-refractivity contribution in [3.8, 4) is 90.1 Å². The van der Waals surface area contributed by atoms with E-state index in [4.69, 9.17) is 0 Å². The molecular formula is C99H100N6O14S4. The van der Waals surface area contributed by atoms with Gasteiger partial charge in [0.2, 0.25) is 20.0 Å². The summed E-state index contributed by atoms with van der Waals surface area (Å²) in [6.07, 6.45) is 5.10. The molecule has 0 amide bonds. The molecule has 0 unspecified atom stereocenters. The second kappa shape index (κ2) is 35.4. The Morgan fingerprint density at radius 1 is 0.333 bits per heavy atom. The number of nitrogens with zero attached hydrogens (tertiary/aromatic N) is 6. The number of phenols is 6. The van der Waals surface area contributed by atoms with Crippen LogP contribution in [0.1, 0.15) is 92.4 Å². The summed E-state index contributed by atoms with van der Waals surface area (Å²) in [5, 5.41) is 60.3. The van der Waals surface area contributed by atoms with Gasteiger partial charge >= 0.3 is 0 Å². The normalized spacial score (nSPS) is 17.4. The van der Waals surface area contributed by atoms with E-state index in [1.165, 1.54) is 105 Å². The number of hydrogen-bond donors (Lipinski definition) is 6. The van der Waals surface area contributed by atoms with Gasteiger partial charge in [-0.05, 0) is 280 Å². The number of aromatic hydroxyl groups is 6. The Hall–Kier alpha value is -11.4. The molecule has 1 saturated heterocycles. The zero-order valence-corrected chi connectivity index (χ0v) is 73.7. The first-order chi connectivity index (χ1) is 58.6. The van der Waals surface area contributed by atoms with Gasteiger partial charge in [-0.1, -0.05) is 143 Å². The van der Waals surface area contributed by atoms with Crippen LogP contribution in [0, 0.1) is 41.5 Å². The molecule has 13 aromatic rings. The first-order valence-electron chi connectivity index (χ1n) is 41.0. The van der Waals surface area contributed by atoms with Gasteiger partial charge in [0.25, 0.3) is 11.1 Å². The number of fused-ring (bicyclic) bond motifs is 18. The number of aromatic nitrogens is 1. The molecule has 0 bridgehead atoms. The van der Waals surface area contributed by atoms with Crippen molar-refractivity contribution in [1.82, 2.24) is 27.3 Å². The average Bonchev–Trinajstić information content (AvgIpc) is 1.63. The third kappa shape index (κ3) is 18.3. The number of likely N-dealkylation sites (tertiary alicyclic amines) is 1. The number of rotatable bonds is 2. The summed E-state index contributed by atoms with van der Waals surface area (Å²) in [6, 6.07) is 67.3. The summed E-state index contributed by atoms with van der Waals surface area (Å²) in [5.41, 5.74) is 23.2. The molecule has 7 heterocycles. The molecule has 634 valence electrons. The maximum Gasteiger partial charge on any atom is 0.261 e. The Morgan fingerprint density at radius 3 is 1.22 bits per heavy atom. The molecule has 1 aliphatic carbocycles. The fourth-order valence-corrected chi connectivity index (χ4v) is 23.0. The van der Waals surface area contributed by atoms with Crippen LogP contribution in [-0.4, -0.2) is 135 Å². The Morgan fingerprint density at radius 2 is 0.691 bits per heavy atom. The minimum absolute atomic E-state index is 0.00788. The molecular weight excluding hydrogens is 1630 g/mol. The van der Waals surface area contributed by atoms with Gasteiger partial charge in [-0.2, -0.15) is 8.61 Å². The zero-order chi connectivity index (χ0) is 87.4. The zero-order valence-electron chi connectivity index (χ0n) is 70.4. The largest absolute Gasteiger partial charge is 0.508 e. The molecule has 12 aromatic carbocycles. The number of piperidine rings is 1. The van der Waals surface area contributed by atoms with E-state index in [0.717, 1.165) is 122 Å². The molecule has 2 fully saturated rings. The van der Waals surface area contributed by atoms with Gasteiger partial charge in [0.15, 0.2) is 0 Å². The lowest BCUT2D eigenvalue weighted by Gasteiger charge is -2.36. The second-order valence-corrected chi connectivity index (χ2v) is 40.1. The third-order valence-electron chi connectivity index (χ3n) is 23.8. The summed E-state index contributed by atoms with van der Waals surface area (Å²) in [4.78, 5) is 31.3. The minimum atomic E-state index is -3.68. The van der Waals surface area contributed by atoms with Crippen LogP contribution in [0.5, 0.6) is 34.5 Å².